The number of nitrogens with zero attached hydrogens (tertiary/aromatic N) is 1. The smallest absolute Gasteiger partial charge is 0.255 e. The van der Waals surface area contributed by atoms with E-state index in [9.17, 15) is 13.2 Å². The molecule has 7 heteroatoms. The molecule has 27 heavy (non-hydrogen) atoms. The zero-order valence-electron chi connectivity index (χ0n) is 14.6. The molecular weight excluding hydrogens is 362 g/mol. The zero-order chi connectivity index (χ0) is 19.4. The number of carbonyl (C=O) groups excluding carboxylic acids is 1. The molecule has 0 saturated heterocycles. The molecule has 6 nitrogen and oxygen atoms in total. The van der Waals surface area contributed by atoms with Crippen LogP contribution in [0, 0.1) is 19.3 Å². The second-order valence-electron chi connectivity index (χ2n) is 5.84. The normalized spacial score (nSPS) is 11.1. The predicted molar refractivity (Wildman–Crippen MR) is 105 cm³/mol. The van der Waals surface area contributed by atoms with Gasteiger partial charge < -0.3 is 5.32 Å². The number of anilines is 1. The second-order valence-corrected chi connectivity index (χ2v) is 7.61. The van der Waals surface area contributed by atoms with Crippen LogP contribution in [0.1, 0.15) is 15.9 Å². The van der Waals surface area contributed by atoms with Crippen molar-refractivity contribution < 1.29 is 13.2 Å². The Morgan fingerprint density at radius 3 is 2.78 bits per heavy atom. The number of benzene rings is 2. The molecule has 0 unspecified atom stereocenters. The summed E-state index contributed by atoms with van der Waals surface area (Å²) in [4.78, 5) is 17.0. The fraction of sp³-hybridized carbons (Fsp3) is 0.100. The molecule has 1 aromatic heterocycles. The lowest BCUT2D eigenvalue weighted by Gasteiger charge is -2.11. The van der Waals surface area contributed by atoms with Crippen molar-refractivity contribution in [2.75, 3.05) is 11.9 Å². The van der Waals surface area contributed by atoms with E-state index in [-0.39, 0.29) is 17.0 Å². The van der Waals surface area contributed by atoms with E-state index in [0.29, 0.717) is 5.69 Å². The summed E-state index contributed by atoms with van der Waals surface area (Å²) in [6.45, 7) is 1.82. The molecule has 0 spiro atoms. The van der Waals surface area contributed by atoms with Crippen LogP contribution in [0.15, 0.2) is 59.6 Å². The average molecular weight is 379 g/mol. The van der Waals surface area contributed by atoms with E-state index in [1.807, 2.05) is 19.1 Å². The maximum atomic E-state index is 12.7. The van der Waals surface area contributed by atoms with E-state index >= 15 is 0 Å². The minimum Gasteiger partial charge on any atom is -0.321 e. The van der Waals surface area contributed by atoms with E-state index < -0.39 is 15.9 Å². The molecular formula is C20H17N3O3S. The number of hydrogen-bond donors (Lipinski definition) is 2. The molecule has 0 fully saturated rings. The summed E-state index contributed by atoms with van der Waals surface area (Å²) in [6, 6.07) is 13.1. The molecule has 0 bridgehead atoms. The number of terminal acetylenes is 1. The minimum absolute atomic E-state index is 0.0270. The SMILES string of the molecule is C#CCNS(=O)(=O)c1cccc(C(=O)Nc2ccc(C)c3ncccc23)c1. The van der Waals surface area contributed by atoms with Gasteiger partial charge in [0.05, 0.1) is 22.6 Å². The van der Waals surface area contributed by atoms with E-state index in [2.05, 4.69) is 20.9 Å². The van der Waals surface area contributed by atoms with Gasteiger partial charge in [0.15, 0.2) is 0 Å². The van der Waals surface area contributed by atoms with Gasteiger partial charge in [-0.3, -0.25) is 9.78 Å². The first-order valence-electron chi connectivity index (χ1n) is 8.11. The van der Waals surface area contributed by atoms with Gasteiger partial charge in [-0.1, -0.05) is 18.1 Å². The standard InChI is InChI=1S/C20H17N3O3S/c1-3-11-22-27(25,26)16-7-4-6-15(13-16)20(24)23-18-10-9-14(2)19-17(18)8-5-12-21-19/h1,4-10,12-13,22H,11H2,2H3,(H,23,24). The Hall–Kier alpha value is -3.21. The van der Waals surface area contributed by atoms with Crippen LogP contribution in [0.3, 0.4) is 0 Å². The minimum atomic E-state index is -3.77. The molecule has 3 rings (SSSR count). The lowest BCUT2D eigenvalue weighted by atomic mass is 10.1. The van der Waals surface area contributed by atoms with Gasteiger partial charge >= 0.3 is 0 Å². The summed E-state index contributed by atoms with van der Waals surface area (Å²) in [7, 11) is -3.77. The quantitative estimate of drug-likeness (QED) is 0.667. The van der Waals surface area contributed by atoms with Crippen molar-refractivity contribution in [1.82, 2.24) is 9.71 Å². The number of nitrogens with one attached hydrogen (secondary N) is 2. The number of amides is 1. The number of aromatic nitrogens is 1. The molecule has 0 aliphatic heterocycles. The van der Waals surface area contributed by atoms with E-state index in [1.54, 1.807) is 24.4 Å². The summed E-state index contributed by atoms with van der Waals surface area (Å²) in [5.74, 6) is 1.79. The highest BCUT2D eigenvalue weighted by Crippen LogP contribution is 2.25. The molecule has 0 atom stereocenters. The highest BCUT2D eigenvalue weighted by molar-refractivity contribution is 7.89. The third-order valence-corrected chi connectivity index (χ3v) is 5.39. The van der Waals surface area contributed by atoms with Crippen LogP contribution in [0.2, 0.25) is 0 Å². The molecule has 2 N–H and O–H groups in total. The predicted octanol–water partition coefficient (Wildman–Crippen LogP) is 2.71. The molecule has 136 valence electrons. The Kier molecular flexibility index (Phi) is 5.21. The van der Waals surface area contributed by atoms with Gasteiger partial charge in [-0.15, -0.1) is 6.42 Å². The van der Waals surface area contributed by atoms with Crippen molar-refractivity contribution in [3.8, 4) is 12.3 Å². The van der Waals surface area contributed by atoms with Crippen LogP contribution in [0.25, 0.3) is 10.9 Å². The number of sulfonamides is 1. The van der Waals surface area contributed by atoms with Gasteiger partial charge in [-0.25, -0.2) is 8.42 Å². The van der Waals surface area contributed by atoms with Crippen LogP contribution in [0.5, 0.6) is 0 Å². The molecule has 3 aromatic rings. The lowest BCUT2D eigenvalue weighted by Crippen LogP contribution is -2.24. The van der Waals surface area contributed by atoms with Crippen molar-refractivity contribution in [2.45, 2.75) is 11.8 Å². The number of aryl methyl sites for hydroxylation is 1. The van der Waals surface area contributed by atoms with Gasteiger partial charge in [0, 0.05) is 17.1 Å². The Morgan fingerprint density at radius 1 is 1.19 bits per heavy atom. The maximum Gasteiger partial charge on any atom is 0.255 e. The topological polar surface area (TPSA) is 88.2 Å². The van der Waals surface area contributed by atoms with Crippen molar-refractivity contribution in [3.05, 3.63) is 65.9 Å². The summed E-state index contributed by atoms with van der Waals surface area (Å²) >= 11 is 0. The highest BCUT2D eigenvalue weighted by atomic mass is 32.2. The molecule has 0 aliphatic carbocycles. The number of hydrogen-bond acceptors (Lipinski definition) is 4. The number of fused-ring (bicyclic) bond motifs is 1. The van der Waals surface area contributed by atoms with Crippen LogP contribution in [0.4, 0.5) is 5.69 Å². The third kappa shape index (κ3) is 3.97. The summed E-state index contributed by atoms with van der Waals surface area (Å²) in [6.07, 6.45) is 6.78. The van der Waals surface area contributed by atoms with Crippen LogP contribution < -0.4 is 10.0 Å². The molecule has 0 radical (unpaired) electrons. The van der Waals surface area contributed by atoms with Crippen molar-refractivity contribution in [3.63, 3.8) is 0 Å². The first-order chi connectivity index (χ1) is 12.9. The summed E-state index contributed by atoms with van der Waals surface area (Å²) in [5, 5.41) is 3.63. The summed E-state index contributed by atoms with van der Waals surface area (Å²) in [5.41, 5.74) is 2.62. The largest absolute Gasteiger partial charge is 0.321 e. The van der Waals surface area contributed by atoms with E-state index in [4.69, 9.17) is 6.42 Å². The average Bonchev–Trinajstić information content (AvgIpc) is 2.69. The van der Waals surface area contributed by atoms with Gasteiger partial charge in [0.25, 0.3) is 5.91 Å². The third-order valence-electron chi connectivity index (χ3n) is 3.99. The molecule has 0 aliphatic rings. The zero-order valence-corrected chi connectivity index (χ0v) is 15.4. The molecule has 2 aromatic carbocycles. The van der Waals surface area contributed by atoms with Crippen LogP contribution in [-0.2, 0) is 10.0 Å². The van der Waals surface area contributed by atoms with Gasteiger partial charge in [-0.2, -0.15) is 4.72 Å². The number of pyridine rings is 1. The first-order valence-corrected chi connectivity index (χ1v) is 9.59. The van der Waals surface area contributed by atoms with Crippen LogP contribution in [-0.4, -0.2) is 25.9 Å². The molecule has 0 saturated carbocycles. The van der Waals surface area contributed by atoms with Gasteiger partial charge in [0.2, 0.25) is 10.0 Å². The van der Waals surface area contributed by atoms with Crippen molar-refractivity contribution in [1.29, 1.82) is 0 Å². The highest BCUT2D eigenvalue weighted by Gasteiger charge is 2.16. The fourth-order valence-electron chi connectivity index (χ4n) is 2.64. The lowest BCUT2D eigenvalue weighted by molar-refractivity contribution is 0.102. The van der Waals surface area contributed by atoms with E-state index in [0.717, 1.165) is 16.5 Å². The second kappa shape index (κ2) is 7.58. The molecule has 1 amide bonds. The van der Waals surface area contributed by atoms with Crippen LogP contribution >= 0.6 is 0 Å². The van der Waals surface area contributed by atoms with Crippen molar-refractivity contribution >= 4 is 32.5 Å². The Balaban J connectivity index is 1.91. The Bertz CT molecular complexity index is 1160. The first kappa shape index (κ1) is 18.6. The molecule has 1 heterocycles. The Morgan fingerprint density at radius 2 is 2.00 bits per heavy atom. The van der Waals surface area contributed by atoms with E-state index in [1.165, 1.54) is 18.2 Å². The maximum absolute atomic E-state index is 12.7. The number of rotatable bonds is 5. The van der Waals surface area contributed by atoms with Crippen molar-refractivity contribution in [2.24, 2.45) is 0 Å². The monoisotopic (exact) mass is 379 g/mol. The fourth-order valence-corrected chi connectivity index (χ4v) is 3.62. The summed E-state index contributed by atoms with van der Waals surface area (Å²) < 4.78 is 26.6. The van der Waals surface area contributed by atoms with Gasteiger partial charge in [-0.05, 0) is 48.9 Å². The Labute approximate surface area is 157 Å². The number of carbonyl (C=O) groups is 1. The van der Waals surface area contributed by atoms with Gasteiger partial charge in [0.1, 0.15) is 0 Å².